The Balaban J connectivity index is 2.05. The molecule has 0 aliphatic carbocycles. The highest BCUT2D eigenvalue weighted by molar-refractivity contribution is 5.85. The van der Waals surface area contributed by atoms with Crippen LogP contribution in [0.3, 0.4) is 0 Å². The molecule has 0 bridgehead atoms. The van der Waals surface area contributed by atoms with Crippen LogP contribution in [0.1, 0.15) is 37.7 Å². The van der Waals surface area contributed by atoms with Crippen molar-refractivity contribution in [2.45, 2.75) is 39.7 Å². The molecule has 0 aliphatic heterocycles. The second-order valence-electron chi connectivity index (χ2n) is 6.11. The van der Waals surface area contributed by atoms with E-state index in [1.54, 1.807) is 18.5 Å². The third-order valence-electron chi connectivity index (χ3n) is 2.96. The van der Waals surface area contributed by atoms with Crippen molar-refractivity contribution in [3.8, 4) is 0 Å². The maximum atomic E-state index is 11.8. The van der Waals surface area contributed by atoms with E-state index in [9.17, 15) is 4.79 Å². The van der Waals surface area contributed by atoms with E-state index in [0.29, 0.717) is 12.1 Å². The van der Waals surface area contributed by atoms with Crippen LogP contribution in [0, 0.1) is 6.92 Å². The summed E-state index contributed by atoms with van der Waals surface area (Å²) in [5.41, 5.74) is 2.40. The summed E-state index contributed by atoms with van der Waals surface area (Å²) in [6.45, 7) is 7.50. The Morgan fingerprint density at radius 1 is 1.23 bits per heavy atom. The van der Waals surface area contributed by atoms with Crippen molar-refractivity contribution < 1.29 is 9.53 Å². The summed E-state index contributed by atoms with van der Waals surface area (Å²) in [6.07, 6.45) is 3.68. The van der Waals surface area contributed by atoms with E-state index in [1.165, 1.54) is 0 Å². The first-order valence-corrected chi connectivity index (χ1v) is 7.19. The molecule has 22 heavy (non-hydrogen) atoms. The molecule has 1 heterocycles. The quantitative estimate of drug-likeness (QED) is 0.938. The highest BCUT2D eigenvalue weighted by Gasteiger charge is 2.16. The molecule has 2 aromatic rings. The predicted octanol–water partition coefficient (Wildman–Crippen LogP) is 3.72. The summed E-state index contributed by atoms with van der Waals surface area (Å²) in [5, 5.41) is 2.74. The minimum Gasteiger partial charge on any atom is -0.444 e. The number of ether oxygens (including phenoxy) is 1. The summed E-state index contributed by atoms with van der Waals surface area (Å²) in [4.78, 5) is 20.2. The first-order chi connectivity index (χ1) is 10.3. The Kier molecular flexibility index (Phi) is 4.75. The molecule has 5 nitrogen and oxygen atoms in total. The van der Waals surface area contributed by atoms with E-state index >= 15 is 0 Å². The topological polar surface area (TPSA) is 64.1 Å². The zero-order valence-electron chi connectivity index (χ0n) is 13.4. The lowest BCUT2D eigenvalue weighted by Crippen LogP contribution is -2.27. The van der Waals surface area contributed by atoms with Crippen LogP contribution in [0.15, 0.2) is 36.7 Å². The van der Waals surface area contributed by atoms with Crippen molar-refractivity contribution in [1.82, 2.24) is 9.97 Å². The van der Waals surface area contributed by atoms with Crippen LogP contribution in [0.25, 0.3) is 0 Å². The average Bonchev–Trinajstić information content (AvgIpc) is 2.41. The van der Waals surface area contributed by atoms with Gasteiger partial charge in [0.25, 0.3) is 0 Å². The number of aromatic nitrogens is 2. The van der Waals surface area contributed by atoms with Crippen molar-refractivity contribution in [2.24, 2.45) is 0 Å². The molecule has 0 saturated heterocycles. The number of carbonyl (C=O) groups is 1. The molecule has 0 radical (unpaired) electrons. The molecule has 1 aromatic heterocycles. The molecule has 5 heteroatoms. The fourth-order valence-electron chi connectivity index (χ4n) is 1.99. The largest absolute Gasteiger partial charge is 0.444 e. The minimum absolute atomic E-state index is 0.453. The molecule has 1 aromatic carbocycles. The average molecular weight is 299 g/mol. The smallest absolute Gasteiger partial charge is 0.412 e. The zero-order valence-corrected chi connectivity index (χ0v) is 13.4. The summed E-state index contributed by atoms with van der Waals surface area (Å²) >= 11 is 0. The van der Waals surface area contributed by atoms with Gasteiger partial charge in [0.1, 0.15) is 11.4 Å². The van der Waals surface area contributed by atoms with E-state index in [0.717, 1.165) is 17.0 Å². The third-order valence-corrected chi connectivity index (χ3v) is 2.96. The number of anilines is 1. The first kappa shape index (κ1) is 15.9. The normalized spacial score (nSPS) is 11.1. The van der Waals surface area contributed by atoms with Gasteiger partial charge in [-0.3, -0.25) is 5.32 Å². The number of amides is 1. The molecule has 0 atom stereocenters. The number of hydrogen-bond donors (Lipinski definition) is 1. The molecule has 1 amide bonds. The Morgan fingerprint density at radius 3 is 2.50 bits per heavy atom. The van der Waals surface area contributed by atoms with Crippen LogP contribution in [0.2, 0.25) is 0 Å². The van der Waals surface area contributed by atoms with Crippen LogP contribution in [-0.4, -0.2) is 21.7 Å². The van der Waals surface area contributed by atoms with Gasteiger partial charge in [-0.2, -0.15) is 0 Å². The fourth-order valence-corrected chi connectivity index (χ4v) is 1.99. The van der Waals surface area contributed by atoms with Gasteiger partial charge in [-0.15, -0.1) is 0 Å². The van der Waals surface area contributed by atoms with Gasteiger partial charge in [-0.25, -0.2) is 14.8 Å². The van der Waals surface area contributed by atoms with Crippen molar-refractivity contribution >= 4 is 11.8 Å². The van der Waals surface area contributed by atoms with Gasteiger partial charge in [0.2, 0.25) is 0 Å². The van der Waals surface area contributed by atoms with Gasteiger partial charge in [0.15, 0.2) is 0 Å². The van der Waals surface area contributed by atoms with Gasteiger partial charge in [-0.05, 0) is 57.0 Å². The lowest BCUT2D eigenvalue weighted by atomic mass is 10.0. The molecule has 1 N–H and O–H groups in total. The van der Waals surface area contributed by atoms with Crippen molar-refractivity contribution in [3.05, 3.63) is 53.6 Å². The Bertz CT molecular complexity index is 649. The van der Waals surface area contributed by atoms with Crippen molar-refractivity contribution in [2.75, 3.05) is 5.32 Å². The molecular formula is C17H21N3O2. The molecule has 0 spiro atoms. The van der Waals surface area contributed by atoms with E-state index in [1.807, 2.05) is 45.9 Å². The molecule has 116 valence electrons. The standard InChI is InChI=1S/C17H21N3O2/c1-12-10-14(20-16(21)22-17(2,3)4)7-6-13(12)11-15-18-8-5-9-19-15/h5-10H,11H2,1-4H3,(H,20,21). The lowest BCUT2D eigenvalue weighted by molar-refractivity contribution is 0.0636. The number of carbonyl (C=O) groups excluding carboxylic acids is 1. The van der Waals surface area contributed by atoms with Gasteiger partial charge in [-0.1, -0.05) is 6.07 Å². The van der Waals surface area contributed by atoms with Crippen LogP contribution in [-0.2, 0) is 11.2 Å². The molecule has 2 rings (SSSR count). The maximum absolute atomic E-state index is 11.8. The predicted molar refractivity (Wildman–Crippen MR) is 85.9 cm³/mol. The number of aryl methyl sites for hydroxylation is 1. The zero-order chi connectivity index (χ0) is 16.2. The molecule has 0 unspecified atom stereocenters. The number of rotatable bonds is 3. The summed E-state index contributed by atoms with van der Waals surface area (Å²) < 4.78 is 5.24. The van der Waals surface area contributed by atoms with Crippen molar-refractivity contribution in [1.29, 1.82) is 0 Å². The number of benzene rings is 1. The maximum Gasteiger partial charge on any atom is 0.412 e. The summed E-state index contributed by atoms with van der Waals surface area (Å²) in [7, 11) is 0. The Hall–Kier alpha value is -2.43. The van der Waals surface area contributed by atoms with Gasteiger partial charge in [0.05, 0.1) is 0 Å². The number of nitrogens with zero attached hydrogens (tertiary/aromatic N) is 2. The highest BCUT2D eigenvalue weighted by Crippen LogP contribution is 2.18. The third kappa shape index (κ3) is 4.84. The Morgan fingerprint density at radius 2 is 1.91 bits per heavy atom. The molecule has 0 aliphatic rings. The molecule has 0 saturated carbocycles. The van der Waals surface area contributed by atoms with E-state index in [2.05, 4.69) is 15.3 Å². The second kappa shape index (κ2) is 6.56. The fraction of sp³-hybridized carbons (Fsp3) is 0.353. The van der Waals surface area contributed by atoms with Crippen LogP contribution < -0.4 is 5.32 Å². The monoisotopic (exact) mass is 299 g/mol. The number of nitrogens with one attached hydrogen (secondary N) is 1. The SMILES string of the molecule is Cc1cc(NC(=O)OC(C)(C)C)ccc1Cc1ncccn1. The minimum atomic E-state index is -0.510. The first-order valence-electron chi connectivity index (χ1n) is 7.19. The second-order valence-corrected chi connectivity index (χ2v) is 6.11. The van der Waals surface area contributed by atoms with Crippen LogP contribution >= 0.6 is 0 Å². The van der Waals surface area contributed by atoms with Gasteiger partial charge >= 0.3 is 6.09 Å². The van der Waals surface area contributed by atoms with E-state index < -0.39 is 11.7 Å². The van der Waals surface area contributed by atoms with E-state index in [4.69, 9.17) is 4.74 Å². The molecule has 0 fully saturated rings. The van der Waals surface area contributed by atoms with E-state index in [-0.39, 0.29) is 0 Å². The summed E-state index contributed by atoms with van der Waals surface area (Å²) in [5.74, 6) is 0.776. The van der Waals surface area contributed by atoms with Gasteiger partial charge < -0.3 is 4.74 Å². The molecular weight excluding hydrogens is 278 g/mol. The van der Waals surface area contributed by atoms with Crippen molar-refractivity contribution in [3.63, 3.8) is 0 Å². The van der Waals surface area contributed by atoms with Gasteiger partial charge in [0, 0.05) is 24.5 Å². The summed E-state index contributed by atoms with van der Waals surface area (Å²) in [6, 6.07) is 7.54. The van der Waals surface area contributed by atoms with Crippen LogP contribution in [0.5, 0.6) is 0 Å². The van der Waals surface area contributed by atoms with Crippen LogP contribution in [0.4, 0.5) is 10.5 Å². The number of hydrogen-bond acceptors (Lipinski definition) is 4. The highest BCUT2D eigenvalue weighted by atomic mass is 16.6. The lowest BCUT2D eigenvalue weighted by Gasteiger charge is -2.20. The Labute approximate surface area is 130 Å².